The van der Waals surface area contributed by atoms with Crippen LogP contribution in [0.15, 0.2) is 29.2 Å². The molecule has 0 atom stereocenters. The Morgan fingerprint density at radius 2 is 2.26 bits per heavy atom. The first-order valence-corrected chi connectivity index (χ1v) is 7.36. The van der Waals surface area contributed by atoms with Crippen molar-refractivity contribution in [1.29, 1.82) is 0 Å². The van der Waals surface area contributed by atoms with Crippen molar-refractivity contribution in [3.05, 3.63) is 45.6 Å². The van der Waals surface area contributed by atoms with Crippen LogP contribution >= 0.6 is 22.9 Å². The van der Waals surface area contributed by atoms with Gasteiger partial charge in [0.1, 0.15) is 10.8 Å². The molecule has 98 valence electrons. The van der Waals surface area contributed by atoms with Gasteiger partial charge in [0, 0.05) is 12.6 Å². The molecule has 2 aromatic rings. The molecular weight excluding hydrogens is 282 g/mol. The van der Waals surface area contributed by atoms with Gasteiger partial charge in [-0.3, -0.25) is 4.79 Å². The number of carbonyl (C=O) groups is 1. The van der Waals surface area contributed by atoms with Gasteiger partial charge in [-0.15, -0.1) is 0 Å². The number of amides is 1. The molecule has 2 heterocycles. The zero-order valence-corrected chi connectivity index (χ0v) is 11.7. The SMILES string of the molecule is O=C(c1cnc(Cl)cn1)N(Cc1ccsc1)C1CC1. The molecule has 1 amide bonds. The first-order valence-electron chi connectivity index (χ1n) is 6.03. The molecule has 2 aromatic heterocycles. The van der Waals surface area contributed by atoms with Gasteiger partial charge in [-0.05, 0) is 35.2 Å². The maximum atomic E-state index is 12.4. The molecule has 0 saturated heterocycles. The maximum absolute atomic E-state index is 12.4. The van der Waals surface area contributed by atoms with E-state index in [0.29, 0.717) is 23.4 Å². The first-order chi connectivity index (χ1) is 9.24. The summed E-state index contributed by atoms with van der Waals surface area (Å²) in [4.78, 5) is 22.3. The van der Waals surface area contributed by atoms with Crippen LogP contribution in [0.5, 0.6) is 0 Å². The van der Waals surface area contributed by atoms with Crippen molar-refractivity contribution in [3.63, 3.8) is 0 Å². The predicted octanol–water partition coefficient (Wildman–Crippen LogP) is 3.00. The molecule has 6 heteroatoms. The van der Waals surface area contributed by atoms with Crippen molar-refractivity contribution >= 4 is 28.8 Å². The van der Waals surface area contributed by atoms with E-state index in [2.05, 4.69) is 15.3 Å². The fraction of sp³-hybridized carbons (Fsp3) is 0.308. The molecule has 19 heavy (non-hydrogen) atoms. The highest BCUT2D eigenvalue weighted by Crippen LogP contribution is 2.29. The standard InChI is InChI=1S/C13H12ClN3OS/c14-12-6-15-11(5-16-12)13(18)17(10-1-2-10)7-9-3-4-19-8-9/h3-6,8,10H,1-2,7H2. The van der Waals surface area contributed by atoms with E-state index in [1.165, 1.54) is 12.4 Å². The fourth-order valence-corrected chi connectivity index (χ4v) is 2.66. The Kier molecular flexibility index (Phi) is 3.48. The van der Waals surface area contributed by atoms with E-state index in [0.717, 1.165) is 18.4 Å². The number of nitrogens with zero attached hydrogens (tertiary/aromatic N) is 3. The summed E-state index contributed by atoms with van der Waals surface area (Å²) in [5.41, 5.74) is 1.51. The van der Waals surface area contributed by atoms with Crippen LogP contribution in [0.1, 0.15) is 28.9 Å². The summed E-state index contributed by atoms with van der Waals surface area (Å²) in [6, 6.07) is 2.38. The largest absolute Gasteiger partial charge is 0.330 e. The molecule has 1 aliphatic carbocycles. The fourth-order valence-electron chi connectivity index (χ4n) is 1.90. The second kappa shape index (κ2) is 5.27. The van der Waals surface area contributed by atoms with Crippen LogP contribution in [0.3, 0.4) is 0 Å². The lowest BCUT2D eigenvalue weighted by Crippen LogP contribution is -2.33. The van der Waals surface area contributed by atoms with E-state index >= 15 is 0 Å². The van der Waals surface area contributed by atoms with Gasteiger partial charge >= 0.3 is 0 Å². The van der Waals surface area contributed by atoms with Crippen LogP contribution in [0.25, 0.3) is 0 Å². The number of halogens is 1. The Morgan fingerprint density at radius 1 is 1.42 bits per heavy atom. The van der Waals surface area contributed by atoms with Crippen molar-refractivity contribution < 1.29 is 4.79 Å². The zero-order valence-electron chi connectivity index (χ0n) is 10.1. The second-order valence-electron chi connectivity index (χ2n) is 4.52. The molecule has 1 saturated carbocycles. The number of hydrogen-bond acceptors (Lipinski definition) is 4. The van der Waals surface area contributed by atoms with Crippen molar-refractivity contribution in [1.82, 2.24) is 14.9 Å². The predicted molar refractivity (Wildman–Crippen MR) is 74.3 cm³/mol. The molecule has 4 nitrogen and oxygen atoms in total. The Balaban J connectivity index is 1.79. The molecule has 0 N–H and O–H groups in total. The van der Waals surface area contributed by atoms with Crippen molar-refractivity contribution in [2.75, 3.05) is 0 Å². The van der Waals surface area contributed by atoms with Gasteiger partial charge < -0.3 is 4.90 Å². The van der Waals surface area contributed by atoms with Gasteiger partial charge in [0.25, 0.3) is 5.91 Å². The monoisotopic (exact) mass is 293 g/mol. The van der Waals surface area contributed by atoms with Crippen molar-refractivity contribution in [3.8, 4) is 0 Å². The zero-order chi connectivity index (χ0) is 13.2. The van der Waals surface area contributed by atoms with Crippen LogP contribution in [0.4, 0.5) is 0 Å². The van der Waals surface area contributed by atoms with E-state index in [-0.39, 0.29) is 5.91 Å². The minimum atomic E-state index is -0.0714. The van der Waals surface area contributed by atoms with Crippen molar-refractivity contribution in [2.24, 2.45) is 0 Å². The third-order valence-corrected chi connectivity index (χ3v) is 3.95. The average Bonchev–Trinajstić information content (AvgIpc) is 3.13. The summed E-state index contributed by atoms with van der Waals surface area (Å²) in [7, 11) is 0. The molecular formula is C13H12ClN3OS. The van der Waals surface area contributed by atoms with Gasteiger partial charge in [0.15, 0.2) is 0 Å². The summed E-state index contributed by atoms with van der Waals surface area (Å²) in [6.45, 7) is 0.636. The van der Waals surface area contributed by atoms with Crippen LogP contribution in [-0.4, -0.2) is 26.8 Å². The number of thiophene rings is 1. The summed E-state index contributed by atoms with van der Waals surface area (Å²) < 4.78 is 0. The van der Waals surface area contributed by atoms with Crippen LogP contribution in [0, 0.1) is 0 Å². The molecule has 1 fully saturated rings. The third-order valence-electron chi connectivity index (χ3n) is 3.02. The molecule has 3 rings (SSSR count). The van der Waals surface area contributed by atoms with Gasteiger partial charge in [-0.1, -0.05) is 11.6 Å². The minimum Gasteiger partial charge on any atom is -0.330 e. The minimum absolute atomic E-state index is 0.0714. The van der Waals surface area contributed by atoms with Crippen LogP contribution in [0.2, 0.25) is 5.15 Å². The van der Waals surface area contributed by atoms with Gasteiger partial charge in [-0.25, -0.2) is 9.97 Å². The molecule has 0 spiro atoms. The van der Waals surface area contributed by atoms with E-state index in [1.807, 2.05) is 16.3 Å². The summed E-state index contributed by atoms with van der Waals surface area (Å²) >= 11 is 7.33. The summed E-state index contributed by atoms with van der Waals surface area (Å²) in [6.07, 6.45) is 4.98. The maximum Gasteiger partial charge on any atom is 0.274 e. The highest BCUT2D eigenvalue weighted by Gasteiger charge is 2.33. The summed E-state index contributed by atoms with van der Waals surface area (Å²) in [5.74, 6) is -0.0714. The van der Waals surface area contributed by atoms with Crippen LogP contribution in [-0.2, 0) is 6.54 Å². The van der Waals surface area contributed by atoms with Gasteiger partial charge in [0.05, 0.1) is 12.4 Å². The average molecular weight is 294 g/mol. The van der Waals surface area contributed by atoms with Crippen LogP contribution < -0.4 is 0 Å². The Hall–Kier alpha value is -1.46. The molecule has 0 unspecified atom stereocenters. The Bertz CT molecular complexity index is 566. The van der Waals surface area contributed by atoms with E-state index in [9.17, 15) is 4.79 Å². The third kappa shape index (κ3) is 2.93. The van der Waals surface area contributed by atoms with E-state index in [4.69, 9.17) is 11.6 Å². The van der Waals surface area contributed by atoms with Gasteiger partial charge in [0.2, 0.25) is 0 Å². The smallest absolute Gasteiger partial charge is 0.274 e. The number of carbonyl (C=O) groups excluding carboxylic acids is 1. The second-order valence-corrected chi connectivity index (χ2v) is 5.69. The highest BCUT2D eigenvalue weighted by molar-refractivity contribution is 7.07. The summed E-state index contributed by atoms with van der Waals surface area (Å²) in [5, 5.41) is 4.38. The molecule has 0 aliphatic heterocycles. The lowest BCUT2D eigenvalue weighted by Gasteiger charge is -2.21. The Labute approximate surface area is 120 Å². The normalized spacial score (nSPS) is 14.4. The number of rotatable bonds is 4. The lowest BCUT2D eigenvalue weighted by molar-refractivity contribution is 0.0723. The topological polar surface area (TPSA) is 46.1 Å². The quantitative estimate of drug-likeness (QED) is 0.870. The molecule has 0 bridgehead atoms. The molecule has 0 radical (unpaired) electrons. The van der Waals surface area contributed by atoms with Gasteiger partial charge in [-0.2, -0.15) is 11.3 Å². The van der Waals surface area contributed by atoms with E-state index in [1.54, 1.807) is 11.3 Å². The first kappa shape index (κ1) is 12.6. The van der Waals surface area contributed by atoms with Crippen molar-refractivity contribution in [2.45, 2.75) is 25.4 Å². The molecule has 0 aromatic carbocycles. The molecule has 1 aliphatic rings. The number of hydrogen-bond donors (Lipinski definition) is 0. The number of aromatic nitrogens is 2. The lowest BCUT2D eigenvalue weighted by atomic mass is 10.2. The Morgan fingerprint density at radius 3 is 2.84 bits per heavy atom. The highest BCUT2D eigenvalue weighted by atomic mass is 35.5. The van der Waals surface area contributed by atoms with E-state index < -0.39 is 0 Å².